The van der Waals surface area contributed by atoms with Gasteiger partial charge < -0.3 is 0 Å². The Morgan fingerprint density at radius 1 is 0.725 bits per heavy atom. The SMILES string of the molecule is CCCCCCON(c1ccc(C(C)C)c(C(C)C)c1C(C)C)S(=O)(=O)c1ccc2nc3ccccc3nc2c1. The van der Waals surface area contributed by atoms with Crippen molar-refractivity contribution in [2.45, 2.75) is 96.8 Å². The van der Waals surface area contributed by atoms with Crippen LogP contribution in [0.15, 0.2) is 59.5 Å². The summed E-state index contributed by atoms with van der Waals surface area (Å²) in [6, 6.07) is 16.5. The summed E-state index contributed by atoms with van der Waals surface area (Å²) in [5.74, 6) is 0.646. The van der Waals surface area contributed by atoms with E-state index < -0.39 is 10.0 Å². The molecule has 4 aromatic rings. The van der Waals surface area contributed by atoms with E-state index in [-0.39, 0.29) is 16.7 Å². The lowest BCUT2D eigenvalue weighted by molar-refractivity contribution is 0.143. The molecule has 0 saturated carbocycles. The zero-order valence-corrected chi connectivity index (χ0v) is 25.8. The lowest BCUT2D eigenvalue weighted by Gasteiger charge is -2.31. The van der Waals surface area contributed by atoms with Gasteiger partial charge in [-0.05, 0) is 77.3 Å². The fourth-order valence-electron chi connectivity index (χ4n) is 5.36. The predicted molar refractivity (Wildman–Crippen MR) is 166 cm³/mol. The van der Waals surface area contributed by atoms with E-state index in [1.54, 1.807) is 18.2 Å². The monoisotopic (exact) mass is 561 g/mol. The van der Waals surface area contributed by atoms with Crippen molar-refractivity contribution in [1.82, 2.24) is 9.97 Å². The van der Waals surface area contributed by atoms with Gasteiger partial charge in [0, 0.05) is 0 Å². The fraction of sp³-hybridized carbons (Fsp3) is 0.455. The van der Waals surface area contributed by atoms with Gasteiger partial charge in [0.15, 0.2) is 0 Å². The molecule has 0 aliphatic heterocycles. The summed E-state index contributed by atoms with van der Waals surface area (Å²) >= 11 is 0. The third kappa shape index (κ3) is 6.16. The summed E-state index contributed by atoms with van der Waals surface area (Å²) in [6.07, 6.45) is 3.96. The Hall–Kier alpha value is -3.03. The van der Waals surface area contributed by atoms with E-state index in [1.807, 2.05) is 30.3 Å². The maximum atomic E-state index is 14.4. The summed E-state index contributed by atoms with van der Waals surface area (Å²) in [7, 11) is -4.08. The molecule has 0 fully saturated rings. The molecule has 7 heteroatoms. The van der Waals surface area contributed by atoms with E-state index in [1.165, 1.54) is 15.6 Å². The van der Waals surface area contributed by atoms with Crippen LogP contribution in [0.25, 0.3) is 22.1 Å². The number of anilines is 1. The highest BCUT2D eigenvalue weighted by Crippen LogP contribution is 2.41. The van der Waals surface area contributed by atoms with Crippen molar-refractivity contribution in [2.75, 3.05) is 11.1 Å². The molecule has 6 nitrogen and oxygen atoms in total. The van der Waals surface area contributed by atoms with Crippen LogP contribution in [-0.2, 0) is 14.9 Å². The van der Waals surface area contributed by atoms with Gasteiger partial charge in [-0.25, -0.2) is 9.97 Å². The molecule has 0 unspecified atom stereocenters. The molecule has 214 valence electrons. The highest BCUT2D eigenvalue weighted by atomic mass is 32.2. The average Bonchev–Trinajstić information content (AvgIpc) is 2.92. The van der Waals surface area contributed by atoms with Crippen LogP contribution in [0.3, 0.4) is 0 Å². The first-order valence-corrected chi connectivity index (χ1v) is 16.0. The third-order valence-corrected chi connectivity index (χ3v) is 8.89. The maximum absolute atomic E-state index is 14.4. The third-order valence-electron chi connectivity index (χ3n) is 7.30. The van der Waals surface area contributed by atoms with Crippen LogP contribution >= 0.6 is 0 Å². The first-order chi connectivity index (χ1) is 19.1. The second-order valence-electron chi connectivity index (χ2n) is 11.5. The van der Waals surface area contributed by atoms with Gasteiger partial charge >= 0.3 is 0 Å². The molecule has 40 heavy (non-hydrogen) atoms. The minimum Gasteiger partial charge on any atom is -0.259 e. The summed E-state index contributed by atoms with van der Waals surface area (Å²) in [5, 5.41) is 0. The highest BCUT2D eigenvalue weighted by Gasteiger charge is 2.32. The number of aromatic nitrogens is 2. The number of sulfonamides is 1. The van der Waals surface area contributed by atoms with Crippen LogP contribution in [-0.4, -0.2) is 25.0 Å². The molecule has 0 amide bonds. The van der Waals surface area contributed by atoms with Crippen molar-refractivity contribution in [3.05, 3.63) is 71.3 Å². The van der Waals surface area contributed by atoms with E-state index in [9.17, 15) is 8.42 Å². The van der Waals surface area contributed by atoms with Crippen LogP contribution < -0.4 is 4.47 Å². The van der Waals surface area contributed by atoms with Crippen molar-refractivity contribution in [3.63, 3.8) is 0 Å². The standard InChI is InChI=1S/C33H43N3O3S/c1-8-9-10-13-20-39-36(31-19-17-26(22(2)3)32(23(4)5)33(31)24(6)7)40(37,38)25-16-18-29-30(21-25)35-28-15-12-11-14-27(28)34-29/h11-12,14-19,21-24H,8-10,13,20H2,1-7H3. The molecule has 3 aromatic carbocycles. The van der Waals surface area contributed by atoms with E-state index in [4.69, 9.17) is 9.82 Å². The second-order valence-corrected chi connectivity index (χ2v) is 13.2. The van der Waals surface area contributed by atoms with Gasteiger partial charge in [0.2, 0.25) is 0 Å². The van der Waals surface area contributed by atoms with Gasteiger partial charge in [-0.2, -0.15) is 8.42 Å². The zero-order chi connectivity index (χ0) is 29.0. The molecule has 0 aliphatic rings. The van der Waals surface area contributed by atoms with Crippen LogP contribution in [0.5, 0.6) is 0 Å². The normalized spacial score (nSPS) is 12.3. The van der Waals surface area contributed by atoms with Gasteiger partial charge in [-0.3, -0.25) is 4.84 Å². The van der Waals surface area contributed by atoms with Gasteiger partial charge in [0.1, 0.15) is 0 Å². The van der Waals surface area contributed by atoms with E-state index in [2.05, 4.69) is 59.5 Å². The summed E-state index contributed by atoms with van der Waals surface area (Å²) in [6.45, 7) is 15.4. The Bertz CT molecular complexity index is 1580. The Morgan fingerprint density at radius 2 is 1.35 bits per heavy atom. The molecule has 0 bridgehead atoms. The number of hydrogen-bond acceptors (Lipinski definition) is 5. The van der Waals surface area contributed by atoms with Crippen molar-refractivity contribution in [3.8, 4) is 0 Å². The van der Waals surface area contributed by atoms with Crippen LogP contribution in [0, 0.1) is 0 Å². The number of unbranched alkanes of at least 4 members (excludes halogenated alkanes) is 3. The molecule has 4 rings (SSSR count). The quantitative estimate of drug-likeness (QED) is 0.0981. The minimum absolute atomic E-state index is 0.0984. The summed E-state index contributed by atoms with van der Waals surface area (Å²) in [5.41, 5.74) is 6.73. The topological polar surface area (TPSA) is 72.4 Å². The molecule has 0 spiro atoms. The average molecular weight is 562 g/mol. The smallest absolute Gasteiger partial charge is 0.259 e. The Balaban J connectivity index is 1.87. The van der Waals surface area contributed by atoms with Crippen molar-refractivity contribution in [1.29, 1.82) is 0 Å². The number of benzene rings is 3. The fourth-order valence-corrected chi connectivity index (χ4v) is 6.68. The predicted octanol–water partition coefficient (Wildman–Crippen LogP) is 8.86. The van der Waals surface area contributed by atoms with E-state index in [0.29, 0.717) is 29.2 Å². The second kappa shape index (κ2) is 12.6. The molecule has 1 aromatic heterocycles. The Morgan fingerprint density at radius 3 is 1.95 bits per heavy atom. The number of nitrogens with zero attached hydrogens (tertiary/aromatic N) is 3. The molecule has 0 atom stereocenters. The lowest BCUT2D eigenvalue weighted by atomic mass is 9.82. The molecular formula is C33H43N3O3S. The maximum Gasteiger partial charge on any atom is 0.286 e. The lowest BCUT2D eigenvalue weighted by Crippen LogP contribution is -2.33. The van der Waals surface area contributed by atoms with E-state index >= 15 is 0 Å². The van der Waals surface area contributed by atoms with Crippen molar-refractivity contribution < 1.29 is 13.3 Å². The molecular weight excluding hydrogens is 518 g/mol. The summed E-state index contributed by atoms with van der Waals surface area (Å²) in [4.78, 5) is 15.7. The van der Waals surface area contributed by atoms with Crippen molar-refractivity contribution in [2.24, 2.45) is 0 Å². The number of hydrogen-bond donors (Lipinski definition) is 0. The molecule has 0 N–H and O–H groups in total. The van der Waals surface area contributed by atoms with Gasteiger partial charge in [0.25, 0.3) is 10.0 Å². The van der Waals surface area contributed by atoms with Crippen LogP contribution in [0.2, 0.25) is 0 Å². The largest absolute Gasteiger partial charge is 0.286 e. The first-order valence-electron chi connectivity index (χ1n) is 14.6. The molecule has 0 aliphatic carbocycles. The van der Waals surface area contributed by atoms with Crippen LogP contribution in [0.4, 0.5) is 5.69 Å². The highest BCUT2D eigenvalue weighted by molar-refractivity contribution is 7.92. The Labute approximate surface area is 239 Å². The van der Waals surface area contributed by atoms with Gasteiger partial charge in [-0.1, -0.05) is 85.9 Å². The van der Waals surface area contributed by atoms with Crippen molar-refractivity contribution >= 4 is 37.8 Å². The zero-order valence-electron chi connectivity index (χ0n) is 24.9. The molecule has 0 radical (unpaired) electrons. The minimum atomic E-state index is -4.08. The Kier molecular flexibility index (Phi) is 9.47. The van der Waals surface area contributed by atoms with Crippen LogP contribution in [0.1, 0.15) is 109 Å². The van der Waals surface area contributed by atoms with Gasteiger partial charge in [0.05, 0.1) is 39.3 Å². The first kappa shape index (κ1) is 29.9. The molecule has 0 saturated heterocycles. The molecule has 1 heterocycles. The van der Waals surface area contributed by atoms with Gasteiger partial charge in [-0.15, -0.1) is 4.47 Å². The van der Waals surface area contributed by atoms with E-state index in [0.717, 1.165) is 42.3 Å². The number of fused-ring (bicyclic) bond motifs is 2. The number of para-hydroxylation sites is 2. The number of rotatable bonds is 12. The summed E-state index contributed by atoms with van der Waals surface area (Å²) < 4.78 is 30.0.